The van der Waals surface area contributed by atoms with E-state index in [2.05, 4.69) is 5.32 Å². The molecule has 2 N–H and O–H groups in total. The first-order chi connectivity index (χ1) is 7.61. The summed E-state index contributed by atoms with van der Waals surface area (Å²) in [4.78, 5) is 11.2. The maximum Gasteiger partial charge on any atom is 0.228 e. The predicted molar refractivity (Wildman–Crippen MR) is 63.7 cm³/mol. The largest absolute Gasteiger partial charge is 0.388 e. The van der Waals surface area contributed by atoms with Crippen LogP contribution in [-0.4, -0.2) is 11.0 Å². The van der Waals surface area contributed by atoms with Crippen LogP contribution in [0.4, 0.5) is 5.69 Å². The first-order valence-corrected chi connectivity index (χ1v) is 5.80. The van der Waals surface area contributed by atoms with Crippen molar-refractivity contribution in [1.29, 1.82) is 0 Å². The maximum absolute atomic E-state index is 11.2. The van der Waals surface area contributed by atoms with Crippen molar-refractivity contribution in [2.45, 2.75) is 32.3 Å². The zero-order valence-corrected chi connectivity index (χ0v) is 9.84. The van der Waals surface area contributed by atoms with Gasteiger partial charge in [-0.25, -0.2) is 0 Å². The summed E-state index contributed by atoms with van der Waals surface area (Å²) in [5.41, 5.74) is 2.36. The number of aliphatic hydroxyl groups is 1. The monoisotopic (exact) mass is 239 g/mol. The lowest BCUT2D eigenvalue weighted by atomic mass is 10.0. The fourth-order valence-electron chi connectivity index (χ4n) is 1.96. The van der Waals surface area contributed by atoms with E-state index in [0.29, 0.717) is 23.6 Å². The van der Waals surface area contributed by atoms with Gasteiger partial charge in [0.15, 0.2) is 0 Å². The third kappa shape index (κ3) is 2.06. The van der Waals surface area contributed by atoms with Gasteiger partial charge >= 0.3 is 0 Å². The van der Waals surface area contributed by atoms with Crippen molar-refractivity contribution >= 4 is 23.2 Å². The summed E-state index contributed by atoms with van der Waals surface area (Å²) in [5, 5.41) is 13.1. The van der Waals surface area contributed by atoms with Crippen molar-refractivity contribution in [3.63, 3.8) is 0 Å². The number of halogens is 1. The molecule has 1 unspecified atom stereocenters. The van der Waals surface area contributed by atoms with Crippen LogP contribution in [0.25, 0.3) is 0 Å². The van der Waals surface area contributed by atoms with Gasteiger partial charge in [-0.2, -0.15) is 0 Å². The van der Waals surface area contributed by atoms with Gasteiger partial charge in [0, 0.05) is 0 Å². The van der Waals surface area contributed by atoms with Gasteiger partial charge in [-0.1, -0.05) is 31.0 Å². The number of nitrogens with one attached hydrogen (secondary N) is 1. The maximum atomic E-state index is 11.2. The molecular formula is C12H14ClNO2. The lowest BCUT2D eigenvalue weighted by Crippen LogP contribution is -2.03. The molecule has 0 radical (unpaired) electrons. The smallest absolute Gasteiger partial charge is 0.228 e. The molecule has 0 saturated carbocycles. The molecule has 0 saturated heterocycles. The molecule has 16 heavy (non-hydrogen) atoms. The second-order valence-corrected chi connectivity index (χ2v) is 4.47. The third-order valence-electron chi connectivity index (χ3n) is 2.76. The Balaban J connectivity index is 2.34. The van der Waals surface area contributed by atoms with Crippen molar-refractivity contribution in [3.8, 4) is 0 Å². The Morgan fingerprint density at radius 3 is 3.00 bits per heavy atom. The highest BCUT2D eigenvalue weighted by molar-refractivity contribution is 6.34. The molecule has 1 aliphatic rings. The zero-order chi connectivity index (χ0) is 11.7. The molecule has 4 heteroatoms. The number of hydrogen-bond donors (Lipinski definition) is 2. The molecule has 1 aromatic carbocycles. The second-order valence-electron chi connectivity index (χ2n) is 4.07. The van der Waals surface area contributed by atoms with Crippen LogP contribution in [0.15, 0.2) is 12.1 Å². The van der Waals surface area contributed by atoms with Crippen LogP contribution < -0.4 is 5.32 Å². The van der Waals surface area contributed by atoms with Crippen LogP contribution >= 0.6 is 11.6 Å². The third-order valence-corrected chi connectivity index (χ3v) is 3.05. The standard InChI is InChI=1S/C12H14ClNO2/c1-2-3-10(15)7-4-8-6-11(16)14-12(8)9(13)5-7/h4-5,10,15H,2-3,6H2,1H3,(H,14,16). The SMILES string of the molecule is CCCC(O)c1cc(Cl)c2c(c1)CC(=O)N2. The Hall–Kier alpha value is -1.06. The van der Waals surface area contributed by atoms with Crippen molar-refractivity contribution in [2.75, 3.05) is 5.32 Å². The van der Waals surface area contributed by atoms with Crippen LogP contribution in [0.2, 0.25) is 5.02 Å². The average molecular weight is 240 g/mol. The van der Waals surface area contributed by atoms with Gasteiger partial charge in [-0.15, -0.1) is 0 Å². The second kappa shape index (κ2) is 4.44. The Bertz CT molecular complexity index is 431. The number of carbonyl (C=O) groups excluding carboxylic acids is 1. The van der Waals surface area contributed by atoms with Gasteiger partial charge in [0.1, 0.15) is 0 Å². The molecule has 3 nitrogen and oxygen atoms in total. The topological polar surface area (TPSA) is 49.3 Å². The van der Waals surface area contributed by atoms with Gasteiger partial charge in [0.2, 0.25) is 5.91 Å². The van der Waals surface area contributed by atoms with E-state index in [1.165, 1.54) is 0 Å². The lowest BCUT2D eigenvalue weighted by molar-refractivity contribution is -0.115. The summed E-state index contributed by atoms with van der Waals surface area (Å²) < 4.78 is 0. The fraction of sp³-hybridized carbons (Fsp3) is 0.417. The van der Waals surface area contributed by atoms with Crippen LogP contribution in [0.5, 0.6) is 0 Å². The average Bonchev–Trinajstić information content (AvgIpc) is 2.59. The molecule has 0 bridgehead atoms. The van der Waals surface area contributed by atoms with E-state index < -0.39 is 6.10 Å². The van der Waals surface area contributed by atoms with E-state index in [1.54, 1.807) is 6.07 Å². The Kier molecular flexibility index (Phi) is 3.17. The van der Waals surface area contributed by atoms with Crippen LogP contribution in [-0.2, 0) is 11.2 Å². The Morgan fingerprint density at radius 1 is 1.56 bits per heavy atom. The van der Waals surface area contributed by atoms with E-state index >= 15 is 0 Å². The minimum absolute atomic E-state index is 0.0426. The van der Waals surface area contributed by atoms with Crippen LogP contribution in [0.1, 0.15) is 37.0 Å². The quantitative estimate of drug-likeness (QED) is 0.852. The first kappa shape index (κ1) is 11.4. The number of aliphatic hydroxyl groups excluding tert-OH is 1. The minimum atomic E-state index is -0.497. The number of rotatable bonds is 3. The number of fused-ring (bicyclic) bond motifs is 1. The van der Waals surface area contributed by atoms with Crippen LogP contribution in [0, 0.1) is 0 Å². The molecule has 0 spiro atoms. The van der Waals surface area contributed by atoms with E-state index in [9.17, 15) is 9.90 Å². The molecule has 86 valence electrons. The highest BCUT2D eigenvalue weighted by Gasteiger charge is 2.22. The van der Waals surface area contributed by atoms with Crippen molar-refractivity contribution in [3.05, 3.63) is 28.3 Å². The number of carbonyl (C=O) groups is 1. The normalized spacial score (nSPS) is 15.8. The lowest BCUT2D eigenvalue weighted by Gasteiger charge is -2.12. The Labute approximate surface area is 99.4 Å². The Morgan fingerprint density at radius 2 is 2.31 bits per heavy atom. The molecule has 1 amide bonds. The molecule has 1 atom stereocenters. The van der Waals surface area contributed by atoms with E-state index in [1.807, 2.05) is 13.0 Å². The number of amides is 1. The fourth-order valence-corrected chi connectivity index (χ4v) is 2.25. The molecular weight excluding hydrogens is 226 g/mol. The van der Waals surface area contributed by atoms with Gasteiger partial charge < -0.3 is 10.4 Å². The highest BCUT2D eigenvalue weighted by atomic mass is 35.5. The summed E-state index contributed by atoms with van der Waals surface area (Å²) in [6.45, 7) is 2.02. The number of benzene rings is 1. The van der Waals surface area contributed by atoms with E-state index in [4.69, 9.17) is 11.6 Å². The number of anilines is 1. The van der Waals surface area contributed by atoms with Crippen LogP contribution in [0.3, 0.4) is 0 Å². The van der Waals surface area contributed by atoms with Gasteiger partial charge in [0.05, 0.1) is 23.2 Å². The summed E-state index contributed by atoms with van der Waals surface area (Å²) in [5.74, 6) is -0.0426. The first-order valence-electron chi connectivity index (χ1n) is 5.42. The molecule has 0 fully saturated rings. The molecule has 2 rings (SSSR count). The summed E-state index contributed by atoms with van der Waals surface area (Å²) >= 11 is 6.06. The van der Waals surface area contributed by atoms with Gasteiger partial charge in [-0.3, -0.25) is 4.79 Å². The number of hydrogen-bond acceptors (Lipinski definition) is 2. The van der Waals surface area contributed by atoms with Crippen molar-refractivity contribution < 1.29 is 9.90 Å². The van der Waals surface area contributed by atoms with Crippen molar-refractivity contribution in [2.24, 2.45) is 0 Å². The van der Waals surface area contributed by atoms with Gasteiger partial charge in [-0.05, 0) is 23.6 Å². The highest BCUT2D eigenvalue weighted by Crippen LogP contribution is 2.34. The molecule has 0 aromatic heterocycles. The predicted octanol–water partition coefficient (Wildman–Crippen LogP) is 2.67. The summed E-state index contributed by atoms with van der Waals surface area (Å²) in [7, 11) is 0. The summed E-state index contributed by atoms with van der Waals surface area (Å²) in [6, 6.07) is 3.59. The zero-order valence-electron chi connectivity index (χ0n) is 9.09. The van der Waals surface area contributed by atoms with Crippen molar-refractivity contribution in [1.82, 2.24) is 0 Å². The summed E-state index contributed by atoms with van der Waals surface area (Å²) in [6.07, 6.45) is 1.47. The molecule has 0 aliphatic carbocycles. The van der Waals surface area contributed by atoms with E-state index in [-0.39, 0.29) is 5.91 Å². The molecule has 1 aliphatic heterocycles. The molecule has 1 aromatic rings. The minimum Gasteiger partial charge on any atom is -0.388 e. The van der Waals surface area contributed by atoms with Gasteiger partial charge in [0.25, 0.3) is 0 Å². The van der Waals surface area contributed by atoms with E-state index in [0.717, 1.165) is 17.5 Å². The molecule has 1 heterocycles.